The number of likely N-dealkylation sites (N-methyl/N-ethyl adjacent to an activating group) is 1. The zero-order chi connectivity index (χ0) is 22.0. The molecule has 0 fully saturated rings. The highest BCUT2D eigenvalue weighted by atomic mass is 35.5. The van der Waals surface area contributed by atoms with Gasteiger partial charge < -0.3 is 14.6 Å². The molecule has 3 aromatic heterocycles. The van der Waals surface area contributed by atoms with E-state index in [4.69, 9.17) is 16.6 Å². The Morgan fingerprint density at radius 2 is 1.97 bits per heavy atom. The Morgan fingerprint density at radius 3 is 2.68 bits per heavy atom. The quantitative estimate of drug-likeness (QED) is 0.488. The number of fused-ring (bicyclic) bond motifs is 1. The van der Waals surface area contributed by atoms with Crippen molar-refractivity contribution < 1.29 is 4.79 Å². The fourth-order valence-electron chi connectivity index (χ4n) is 3.55. The van der Waals surface area contributed by atoms with Crippen LogP contribution in [0.2, 0.25) is 5.02 Å². The second-order valence-electron chi connectivity index (χ2n) is 7.90. The van der Waals surface area contributed by atoms with Crippen LogP contribution in [0.5, 0.6) is 0 Å². The summed E-state index contributed by atoms with van der Waals surface area (Å²) in [6, 6.07) is 13.8. The average molecular weight is 434 g/mol. The molecule has 0 atom stereocenters. The molecule has 0 aliphatic rings. The molecule has 0 bridgehead atoms. The molecule has 1 aromatic carbocycles. The van der Waals surface area contributed by atoms with Crippen LogP contribution in [0.3, 0.4) is 0 Å². The van der Waals surface area contributed by atoms with Crippen LogP contribution in [0.4, 0.5) is 5.82 Å². The van der Waals surface area contributed by atoms with Gasteiger partial charge in [-0.25, -0.2) is 9.97 Å². The summed E-state index contributed by atoms with van der Waals surface area (Å²) in [7, 11) is 3.71. The molecular weight excluding hydrogens is 410 g/mol. The SMILES string of the molecule is Cc1cn2cc(Cc3ccc(NC(=O)CN(C)C)nc3)cc(-c3cccc(Cl)c3)c2n1. The molecule has 158 valence electrons. The molecule has 1 amide bonds. The van der Waals surface area contributed by atoms with Gasteiger partial charge in [-0.05, 0) is 62.0 Å². The molecule has 0 aliphatic heterocycles. The highest BCUT2D eigenvalue weighted by molar-refractivity contribution is 6.30. The maximum Gasteiger partial charge on any atom is 0.239 e. The molecule has 1 N–H and O–H groups in total. The van der Waals surface area contributed by atoms with Crippen molar-refractivity contribution in [3.63, 3.8) is 0 Å². The smallest absolute Gasteiger partial charge is 0.239 e. The number of aryl methyl sites for hydroxylation is 1. The Hall–Kier alpha value is -3.22. The molecule has 0 spiro atoms. The van der Waals surface area contributed by atoms with Crippen LogP contribution in [0.15, 0.2) is 61.1 Å². The van der Waals surface area contributed by atoms with E-state index in [1.165, 1.54) is 0 Å². The molecule has 3 heterocycles. The standard InChI is InChI=1S/C24H24ClN5O/c1-16-13-30-14-18(10-21(24(30)27-16)19-5-4-6-20(25)11-19)9-17-7-8-22(26-12-17)28-23(31)15-29(2)3/h4-8,10-14H,9,15H2,1-3H3,(H,26,28,31). The van der Waals surface area contributed by atoms with Crippen molar-refractivity contribution in [2.45, 2.75) is 13.3 Å². The molecule has 7 heteroatoms. The monoisotopic (exact) mass is 433 g/mol. The van der Waals surface area contributed by atoms with Crippen molar-refractivity contribution in [1.29, 1.82) is 0 Å². The summed E-state index contributed by atoms with van der Waals surface area (Å²) in [4.78, 5) is 22.8. The molecule has 4 rings (SSSR count). The van der Waals surface area contributed by atoms with Crippen LogP contribution in [-0.2, 0) is 11.2 Å². The zero-order valence-corrected chi connectivity index (χ0v) is 18.5. The van der Waals surface area contributed by atoms with E-state index < -0.39 is 0 Å². The fraction of sp³-hybridized carbons (Fsp3) is 0.208. The van der Waals surface area contributed by atoms with Gasteiger partial charge in [-0.3, -0.25) is 4.79 Å². The van der Waals surface area contributed by atoms with Gasteiger partial charge in [0.2, 0.25) is 5.91 Å². The van der Waals surface area contributed by atoms with E-state index in [1.54, 1.807) is 6.20 Å². The Morgan fingerprint density at radius 1 is 1.13 bits per heavy atom. The minimum Gasteiger partial charge on any atom is -0.310 e. The largest absolute Gasteiger partial charge is 0.310 e. The predicted molar refractivity (Wildman–Crippen MR) is 125 cm³/mol. The van der Waals surface area contributed by atoms with Gasteiger partial charge >= 0.3 is 0 Å². The van der Waals surface area contributed by atoms with Gasteiger partial charge in [0.15, 0.2) is 0 Å². The Bertz CT molecular complexity index is 1230. The van der Waals surface area contributed by atoms with Crippen molar-refractivity contribution in [2.24, 2.45) is 0 Å². The first-order valence-electron chi connectivity index (χ1n) is 10.0. The topological polar surface area (TPSA) is 62.5 Å². The number of nitrogens with zero attached hydrogens (tertiary/aromatic N) is 4. The lowest BCUT2D eigenvalue weighted by atomic mass is 10.0. The highest BCUT2D eigenvalue weighted by Gasteiger charge is 2.11. The number of pyridine rings is 2. The summed E-state index contributed by atoms with van der Waals surface area (Å²) in [5.41, 5.74) is 6.11. The summed E-state index contributed by atoms with van der Waals surface area (Å²) in [6.45, 7) is 2.31. The van der Waals surface area contributed by atoms with Gasteiger partial charge in [-0.15, -0.1) is 0 Å². The van der Waals surface area contributed by atoms with Crippen molar-refractivity contribution >= 4 is 29.0 Å². The van der Waals surface area contributed by atoms with E-state index in [1.807, 2.05) is 68.5 Å². The molecule has 31 heavy (non-hydrogen) atoms. The van der Waals surface area contributed by atoms with E-state index in [0.717, 1.165) is 33.6 Å². The van der Waals surface area contributed by atoms with Gasteiger partial charge in [0, 0.05) is 35.6 Å². The molecule has 0 aliphatic carbocycles. The number of rotatable bonds is 6. The van der Waals surface area contributed by atoms with Crippen LogP contribution >= 0.6 is 11.6 Å². The number of hydrogen-bond donors (Lipinski definition) is 1. The normalized spacial score (nSPS) is 11.3. The Labute approximate surface area is 186 Å². The van der Waals surface area contributed by atoms with Crippen molar-refractivity contribution in [2.75, 3.05) is 26.0 Å². The summed E-state index contributed by atoms with van der Waals surface area (Å²) < 4.78 is 2.06. The lowest BCUT2D eigenvalue weighted by molar-refractivity contribution is -0.116. The number of imidazole rings is 1. The second-order valence-corrected chi connectivity index (χ2v) is 8.34. The van der Waals surface area contributed by atoms with Gasteiger partial charge in [0.05, 0.1) is 12.2 Å². The number of benzene rings is 1. The summed E-state index contributed by atoms with van der Waals surface area (Å²) >= 11 is 6.23. The first-order chi connectivity index (χ1) is 14.9. The van der Waals surface area contributed by atoms with Crippen LogP contribution in [0.25, 0.3) is 16.8 Å². The predicted octanol–water partition coefficient (Wildman–Crippen LogP) is 4.45. The summed E-state index contributed by atoms with van der Waals surface area (Å²) in [5, 5.41) is 3.51. The van der Waals surface area contributed by atoms with E-state index in [2.05, 4.69) is 27.0 Å². The molecular formula is C24H24ClN5O. The third kappa shape index (κ3) is 5.10. The van der Waals surface area contributed by atoms with Crippen molar-refractivity contribution in [3.05, 3.63) is 82.9 Å². The van der Waals surface area contributed by atoms with E-state index >= 15 is 0 Å². The number of anilines is 1. The van der Waals surface area contributed by atoms with Gasteiger partial charge in [-0.1, -0.05) is 29.8 Å². The molecule has 0 saturated carbocycles. The number of hydrogen-bond acceptors (Lipinski definition) is 4. The molecule has 0 radical (unpaired) electrons. The minimum atomic E-state index is -0.0858. The Balaban J connectivity index is 1.61. The lowest BCUT2D eigenvalue weighted by Crippen LogP contribution is -2.27. The second kappa shape index (κ2) is 8.88. The number of carbonyl (C=O) groups excluding carboxylic acids is 1. The number of nitrogens with one attached hydrogen (secondary N) is 1. The maximum atomic E-state index is 11.9. The maximum absolute atomic E-state index is 11.9. The summed E-state index contributed by atoms with van der Waals surface area (Å²) in [6.07, 6.45) is 6.62. The molecule has 0 unspecified atom stereocenters. The first kappa shape index (κ1) is 21.0. The number of aromatic nitrogens is 3. The van der Waals surface area contributed by atoms with E-state index in [0.29, 0.717) is 23.8 Å². The first-order valence-corrected chi connectivity index (χ1v) is 10.4. The van der Waals surface area contributed by atoms with Crippen LogP contribution in [-0.4, -0.2) is 45.8 Å². The van der Waals surface area contributed by atoms with Gasteiger partial charge in [-0.2, -0.15) is 0 Å². The zero-order valence-electron chi connectivity index (χ0n) is 17.8. The molecule has 6 nitrogen and oxygen atoms in total. The fourth-order valence-corrected chi connectivity index (χ4v) is 3.74. The highest BCUT2D eigenvalue weighted by Crippen LogP contribution is 2.28. The summed E-state index contributed by atoms with van der Waals surface area (Å²) in [5.74, 6) is 0.466. The van der Waals surface area contributed by atoms with Crippen molar-refractivity contribution in [1.82, 2.24) is 19.3 Å². The van der Waals surface area contributed by atoms with Crippen LogP contribution in [0.1, 0.15) is 16.8 Å². The third-order valence-corrected chi connectivity index (χ3v) is 5.06. The third-order valence-electron chi connectivity index (χ3n) is 4.82. The molecule has 0 saturated heterocycles. The van der Waals surface area contributed by atoms with Crippen molar-refractivity contribution in [3.8, 4) is 11.1 Å². The van der Waals surface area contributed by atoms with Gasteiger partial charge in [0.1, 0.15) is 11.5 Å². The number of carbonyl (C=O) groups is 1. The Kier molecular flexibility index (Phi) is 6.02. The number of halogens is 1. The van der Waals surface area contributed by atoms with E-state index in [9.17, 15) is 4.79 Å². The number of amides is 1. The van der Waals surface area contributed by atoms with Gasteiger partial charge in [0.25, 0.3) is 0 Å². The van der Waals surface area contributed by atoms with Crippen LogP contribution < -0.4 is 5.32 Å². The van der Waals surface area contributed by atoms with Crippen LogP contribution in [0, 0.1) is 6.92 Å². The average Bonchev–Trinajstić information content (AvgIpc) is 3.08. The van der Waals surface area contributed by atoms with E-state index in [-0.39, 0.29) is 5.91 Å². The minimum absolute atomic E-state index is 0.0858. The lowest BCUT2D eigenvalue weighted by Gasteiger charge is -2.11. The molecule has 4 aromatic rings.